The van der Waals surface area contributed by atoms with Gasteiger partial charge >= 0.3 is 11.9 Å². The fourth-order valence-corrected chi connectivity index (χ4v) is 3.19. The number of hydrogen-bond acceptors (Lipinski definition) is 5. The van der Waals surface area contributed by atoms with E-state index in [9.17, 15) is 18.0 Å². The molecule has 4 aromatic rings. The van der Waals surface area contributed by atoms with Gasteiger partial charge in [0, 0.05) is 18.6 Å². The quantitative estimate of drug-likeness (QED) is 0.576. The second-order valence-corrected chi connectivity index (χ2v) is 5.92. The fraction of sp³-hybridized carbons (Fsp3) is 0.167. The molecule has 0 fully saturated rings. The van der Waals surface area contributed by atoms with Gasteiger partial charge < -0.3 is 9.73 Å². The van der Waals surface area contributed by atoms with Crippen molar-refractivity contribution < 1.29 is 17.6 Å². The van der Waals surface area contributed by atoms with E-state index in [4.69, 9.17) is 4.42 Å². The predicted molar refractivity (Wildman–Crippen MR) is 94.2 cm³/mol. The van der Waals surface area contributed by atoms with Gasteiger partial charge in [0.2, 0.25) is 0 Å². The Labute approximate surface area is 150 Å². The first-order chi connectivity index (χ1) is 12.8. The van der Waals surface area contributed by atoms with Crippen LogP contribution in [0.1, 0.15) is 11.3 Å². The van der Waals surface area contributed by atoms with E-state index in [0.29, 0.717) is 11.4 Å². The molecule has 0 saturated carbocycles. The Morgan fingerprint density at radius 2 is 2.04 bits per heavy atom. The lowest BCUT2D eigenvalue weighted by Gasteiger charge is -2.16. The number of furan rings is 1. The Balaban J connectivity index is 2.28. The third kappa shape index (κ3) is 2.54. The van der Waals surface area contributed by atoms with Gasteiger partial charge in [0.05, 0.1) is 34.1 Å². The molecule has 9 heteroatoms. The normalized spacial score (nSPS) is 12.0. The molecule has 0 aliphatic carbocycles. The second kappa shape index (κ2) is 5.83. The van der Waals surface area contributed by atoms with Crippen molar-refractivity contribution in [3.05, 3.63) is 58.5 Å². The van der Waals surface area contributed by atoms with Crippen LogP contribution >= 0.6 is 0 Å². The summed E-state index contributed by atoms with van der Waals surface area (Å²) in [5.74, 6) is 0.140. The van der Waals surface area contributed by atoms with Gasteiger partial charge in [-0.3, -0.25) is 9.55 Å². The predicted octanol–water partition coefficient (Wildman–Crippen LogP) is 3.90. The minimum absolute atomic E-state index is 0.00645. The van der Waals surface area contributed by atoms with Crippen LogP contribution in [0.2, 0.25) is 0 Å². The second-order valence-electron chi connectivity index (χ2n) is 5.92. The first kappa shape index (κ1) is 17.1. The smallest absolute Gasteiger partial charge is 0.417 e. The van der Waals surface area contributed by atoms with Crippen molar-refractivity contribution in [3.63, 3.8) is 0 Å². The van der Waals surface area contributed by atoms with Crippen molar-refractivity contribution in [2.75, 3.05) is 12.4 Å². The molecule has 0 amide bonds. The Hall–Kier alpha value is -3.36. The molecular formula is C18H13F3N4O2. The van der Waals surface area contributed by atoms with Crippen LogP contribution in [0, 0.1) is 6.92 Å². The van der Waals surface area contributed by atoms with E-state index >= 15 is 0 Å². The van der Waals surface area contributed by atoms with E-state index in [1.165, 1.54) is 25.6 Å². The third-order valence-corrected chi connectivity index (χ3v) is 4.36. The van der Waals surface area contributed by atoms with Crippen molar-refractivity contribution in [1.82, 2.24) is 14.5 Å². The van der Waals surface area contributed by atoms with E-state index in [1.54, 1.807) is 19.1 Å². The Bertz CT molecular complexity index is 1240. The summed E-state index contributed by atoms with van der Waals surface area (Å²) in [4.78, 5) is 20.8. The SMILES string of the molecule is CNc1nc(=O)n(-c2cccnc2C)c2cc(C(F)(F)F)c3ccoc3c12. The van der Waals surface area contributed by atoms with Crippen LogP contribution in [0.15, 0.2) is 45.9 Å². The number of alkyl halides is 3. The van der Waals surface area contributed by atoms with Gasteiger partial charge in [-0.15, -0.1) is 0 Å². The van der Waals surface area contributed by atoms with Crippen LogP contribution < -0.4 is 11.0 Å². The number of aryl methyl sites for hydroxylation is 1. The lowest BCUT2D eigenvalue weighted by molar-refractivity contribution is -0.136. The molecule has 138 valence electrons. The topological polar surface area (TPSA) is 73.0 Å². The van der Waals surface area contributed by atoms with Gasteiger partial charge in [-0.1, -0.05) is 0 Å². The number of halogens is 3. The van der Waals surface area contributed by atoms with Crippen molar-refractivity contribution in [2.24, 2.45) is 0 Å². The van der Waals surface area contributed by atoms with Gasteiger partial charge in [-0.25, -0.2) is 4.79 Å². The third-order valence-electron chi connectivity index (χ3n) is 4.36. The molecule has 0 spiro atoms. The Morgan fingerprint density at radius 1 is 1.26 bits per heavy atom. The van der Waals surface area contributed by atoms with Crippen molar-refractivity contribution in [1.29, 1.82) is 0 Å². The zero-order chi connectivity index (χ0) is 19.3. The molecule has 1 N–H and O–H groups in total. The number of fused-ring (bicyclic) bond motifs is 3. The summed E-state index contributed by atoms with van der Waals surface area (Å²) in [6, 6.07) is 5.40. The standard InChI is InChI=1S/C18H13F3N4O2/c1-9-12(4-3-6-23-9)25-13-8-11(18(19,20)21)10-5-7-27-15(10)14(13)16(22-2)24-17(25)26/h3-8H,1-2H3,(H,22,24,26). The maximum absolute atomic E-state index is 13.6. The molecular weight excluding hydrogens is 361 g/mol. The number of anilines is 1. The van der Waals surface area contributed by atoms with Crippen molar-refractivity contribution in [2.45, 2.75) is 13.1 Å². The summed E-state index contributed by atoms with van der Waals surface area (Å²) in [6.45, 7) is 1.66. The molecule has 0 aliphatic rings. The molecule has 3 heterocycles. The zero-order valence-corrected chi connectivity index (χ0v) is 14.3. The van der Waals surface area contributed by atoms with Gasteiger partial charge in [0.15, 0.2) is 0 Å². The Kier molecular flexibility index (Phi) is 3.69. The number of hydrogen-bond donors (Lipinski definition) is 1. The number of nitrogens with one attached hydrogen (secondary N) is 1. The molecule has 0 atom stereocenters. The molecule has 3 aromatic heterocycles. The molecule has 0 aliphatic heterocycles. The van der Waals surface area contributed by atoms with Crippen LogP contribution in [0.5, 0.6) is 0 Å². The van der Waals surface area contributed by atoms with Crippen LogP contribution in [0.4, 0.5) is 19.0 Å². The largest absolute Gasteiger partial charge is 0.463 e. The monoisotopic (exact) mass is 374 g/mol. The minimum Gasteiger partial charge on any atom is -0.463 e. The van der Waals surface area contributed by atoms with Crippen molar-refractivity contribution in [3.8, 4) is 5.69 Å². The highest BCUT2D eigenvalue weighted by atomic mass is 19.4. The molecule has 0 unspecified atom stereocenters. The fourth-order valence-electron chi connectivity index (χ4n) is 3.19. The van der Waals surface area contributed by atoms with E-state index < -0.39 is 17.4 Å². The number of pyridine rings is 1. The average molecular weight is 374 g/mol. The van der Waals surface area contributed by atoms with E-state index in [-0.39, 0.29) is 27.7 Å². The van der Waals surface area contributed by atoms with Gasteiger partial charge in [0.1, 0.15) is 11.4 Å². The number of benzene rings is 1. The Morgan fingerprint density at radius 3 is 2.70 bits per heavy atom. The highest BCUT2D eigenvalue weighted by Gasteiger charge is 2.35. The summed E-state index contributed by atoms with van der Waals surface area (Å²) in [5, 5.41) is 2.95. The lowest BCUT2D eigenvalue weighted by atomic mass is 10.1. The number of rotatable bonds is 2. The van der Waals surface area contributed by atoms with Crippen LogP contribution in [0.3, 0.4) is 0 Å². The van der Waals surface area contributed by atoms with Gasteiger partial charge in [0.25, 0.3) is 0 Å². The van der Waals surface area contributed by atoms with Crippen LogP contribution in [-0.4, -0.2) is 21.6 Å². The summed E-state index contributed by atoms with van der Waals surface area (Å²) < 4.78 is 47.4. The van der Waals surface area contributed by atoms with Crippen LogP contribution in [-0.2, 0) is 6.18 Å². The van der Waals surface area contributed by atoms with Gasteiger partial charge in [-0.05, 0) is 31.2 Å². The van der Waals surface area contributed by atoms with Gasteiger partial charge in [-0.2, -0.15) is 18.2 Å². The molecule has 27 heavy (non-hydrogen) atoms. The highest BCUT2D eigenvalue weighted by Crippen LogP contribution is 2.40. The highest BCUT2D eigenvalue weighted by molar-refractivity contribution is 6.10. The summed E-state index contributed by atoms with van der Waals surface area (Å²) in [6.07, 6.45) is -1.90. The van der Waals surface area contributed by atoms with E-state index in [0.717, 1.165) is 10.6 Å². The first-order valence-electron chi connectivity index (χ1n) is 7.97. The molecule has 0 bridgehead atoms. The summed E-state index contributed by atoms with van der Waals surface area (Å²) in [5.41, 5.74) is -0.740. The lowest BCUT2D eigenvalue weighted by Crippen LogP contribution is -2.24. The summed E-state index contributed by atoms with van der Waals surface area (Å²) in [7, 11) is 1.54. The molecule has 4 rings (SSSR count). The molecule has 1 aromatic carbocycles. The zero-order valence-electron chi connectivity index (χ0n) is 14.3. The maximum Gasteiger partial charge on any atom is 0.417 e. The molecule has 6 nitrogen and oxygen atoms in total. The maximum atomic E-state index is 13.6. The molecule has 0 saturated heterocycles. The number of aromatic nitrogens is 3. The van der Waals surface area contributed by atoms with E-state index in [1.807, 2.05) is 0 Å². The first-order valence-corrected chi connectivity index (χ1v) is 7.97. The van der Waals surface area contributed by atoms with Crippen molar-refractivity contribution >= 4 is 27.7 Å². The van der Waals surface area contributed by atoms with Crippen LogP contribution in [0.25, 0.3) is 27.6 Å². The molecule has 0 radical (unpaired) electrons. The average Bonchev–Trinajstić information content (AvgIpc) is 3.09. The van der Waals surface area contributed by atoms with E-state index in [2.05, 4.69) is 15.3 Å². The minimum atomic E-state index is -4.62. The number of nitrogens with zero attached hydrogens (tertiary/aromatic N) is 3. The summed E-state index contributed by atoms with van der Waals surface area (Å²) >= 11 is 0.